The molecule has 1 atom stereocenters. The van der Waals surface area contributed by atoms with Crippen molar-refractivity contribution >= 4 is 0 Å². The summed E-state index contributed by atoms with van der Waals surface area (Å²) in [6.07, 6.45) is 1.36. The van der Waals surface area contributed by atoms with Crippen LogP contribution >= 0.6 is 0 Å². The first-order valence-electron chi connectivity index (χ1n) is 4.97. The average molecular weight is 218 g/mol. The summed E-state index contributed by atoms with van der Waals surface area (Å²) >= 11 is 0. The molecule has 1 heterocycles. The van der Waals surface area contributed by atoms with Gasteiger partial charge in [-0.3, -0.25) is 4.57 Å². The summed E-state index contributed by atoms with van der Waals surface area (Å²) in [5.74, 6) is 0. The van der Waals surface area contributed by atoms with E-state index in [4.69, 9.17) is 5.73 Å². The van der Waals surface area contributed by atoms with Gasteiger partial charge in [0.2, 0.25) is 0 Å². The van der Waals surface area contributed by atoms with E-state index in [2.05, 4.69) is 0 Å². The molecule has 1 unspecified atom stereocenters. The molecule has 2 rings (SSSR count). The van der Waals surface area contributed by atoms with E-state index in [-0.39, 0.29) is 13.0 Å². The van der Waals surface area contributed by atoms with E-state index in [9.17, 15) is 13.2 Å². The van der Waals surface area contributed by atoms with Crippen LogP contribution in [0.2, 0.25) is 0 Å². The number of nitrogens with zero attached hydrogens (tertiary/aromatic N) is 1. The summed E-state index contributed by atoms with van der Waals surface area (Å²) in [5.41, 5.74) is 7.44. The third-order valence-corrected chi connectivity index (χ3v) is 2.90. The fraction of sp³-hybridized carbons (Fsp3) is 0.600. The van der Waals surface area contributed by atoms with Crippen LogP contribution in [0.5, 0.6) is 0 Å². The Labute approximate surface area is 85.9 Å². The lowest BCUT2D eigenvalue weighted by atomic mass is 9.94. The monoisotopic (exact) mass is 218 g/mol. The minimum atomic E-state index is -2.61. The zero-order valence-electron chi connectivity index (χ0n) is 8.22. The van der Waals surface area contributed by atoms with Crippen molar-refractivity contribution in [1.29, 1.82) is 0 Å². The van der Waals surface area contributed by atoms with Crippen LogP contribution in [-0.2, 0) is 19.4 Å². The molecule has 1 aliphatic rings. The Kier molecular flexibility index (Phi) is 2.73. The van der Waals surface area contributed by atoms with Crippen LogP contribution in [0.3, 0.4) is 0 Å². The van der Waals surface area contributed by atoms with Gasteiger partial charge in [-0.05, 0) is 24.0 Å². The molecule has 0 fully saturated rings. The first-order chi connectivity index (χ1) is 7.13. The quantitative estimate of drug-likeness (QED) is 0.810. The van der Waals surface area contributed by atoms with Crippen molar-refractivity contribution in [1.82, 2.24) is 4.57 Å². The van der Waals surface area contributed by atoms with Crippen molar-refractivity contribution in [2.45, 2.75) is 38.5 Å². The molecule has 0 aromatic carbocycles. The molecule has 15 heavy (non-hydrogen) atoms. The van der Waals surface area contributed by atoms with E-state index in [1.807, 2.05) is 0 Å². The van der Waals surface area contributed by atoms with E-state index >= 15 is 0 Å². The van der Waals surface area contributed by atoms with E-state index in [1.165, 1.54) is 6.20 Å². The fourth-order valence-electron chi connectivity index (χ4n) is 2.16. The molecule has 0 amide bonds. The molecule has 2 nitrogen and oxygen atoms in total. The summed E-state index contributed by atoms with van der Waals surface area (Å²) in [5, 5.41) is 0. The van der Waals surface area contributed by atoms with Gasteiger partial charge in [-0.25, -0.2) is 4.39 Å². The lowest BCUT2D eigenvalue weighted by molar-refractivity contribution is 0.0659. The highest BCUT2D eigenvalue weighted by Gasteiger charge is 2.26. The Morgan fingerprint density at radius 2 is 2.27 bits per heavy atom. The van der Waals surface area contributed by atoms with Gasteiger partial charge in [0.15, 0.2) is 0 Å². The van der Waals surface area contributed by atoms with Crippen LogP contribution in [0, 0.1) is 0 Å². The van der Waals surface area contributed by atoms with Crippen molar-refractivity contribution in [3.63, 3.8) is 0 Å². The van der Waals surface area contributed by atoms with Crippen LogP contribution < -0.4 is 5.73 Å². The molecule has 0 aliphatic heterocycles. The molecule has 0 radical (unpaired) electrons. The minimum absolute atomic E-state index is 0.0830. The summed E-state index contributed by atoms with van der Waals surface area (Å²) in [6, 6.07) is 0. The third-order valence-electron chi connectivity index (χ3n) is 2.90. The lowest BCUT2D eigenvalue weighted by Crippen LogP contribution is -2.18. The number of hydrogen-bond acceptors (Lipinski definition) is 1. The number of nitrogens with two attached hydrogens (primary N) is 1. The summed E-state index contributed by atoms with van der Waals surface area (Å²) in [7, 11) is 0. The molecular formula is C10H13F3N2. The zero-order valence-corrected chi connectivity index (χ0v) is 8.22. The molecule has 1 aromatic heterocycles. The molecule has 0 saturated heterocycles. The Balaban J connectivity index is 2.45. The predicted molar refractivity (Wildman–Crippen MR) is 50.5 cm³/mol. The van der Waals surface area contributed by atoms with Crippen LogP contribution in [0.1, 0.15) is 29.8 Å². The smallest absolute Gasteiger partial charge is 0.318 e. The number of halogens is 3. The molecule has 0 bridgehead atoms. The average Bonchev–Trinajstić information content (AvgIpc) is 2.55. The van der Waals surface area contributed by atoms with Crippen LogP contribution in [0.25, 0.3) is 0 Å². The fourth-order valence-corrected chi connectivity index (χ4v) is 2.16. The molecule has 5 heteroatoms. The zero-order chi connectivity index (χ0) is 11.0. The molecule has 0 spiro atoms. The summed E-state index contributed by atoms with van der Waals surface area (Å²) < 4.78 is 39.2. The largest absolute Gasteiger partial charge is 0.326 e. The molecule has 1 aromatic rings. The number of aromatic nitrogens is 1. The van der Waals surface area contributed by atoms with Gasteiger partial charge in [0.25, 0.3) is 0 Å². The Morgan fingerprint density at radius 3 is 2.87 bits per heavy atom. The molecule has 1 aliphatic carbocycles. The predicted octanol–water partition coefficient (Wildman–Crippen LogP) is 2.17. The maximum Gasteiger partial charge on any atom is 0.318 e. The Hall–Kier alpha value is -0.970. The number of rotatable bonds is 2. The van der Waals surface area contributed by atoms with Crippen molar-refractivity contribution in [2.24, 2.45) is 5.73 Å². The second-order valence-corrected chi connectivity index (χ2v) is 3.81. The third kappa shape index (κ3) is 1.76. The van der Waals surface area contributed by atoms with E-state index < -0.39 is 12.7 Å². The highest BCUT2D eigenvalue weighted by Crippen LogP contribution is 2.30. The highest BCUT2D eigenvalue weighted by molar-refractivity contribution is 5.35. The van der Waals surface area contributed by atoms with Gasteiger partial charge < -0.3 is 5.73 Å². The van der Waals surface area contributed by atoms with E-state index in [0.717, 1.165) is 15.7 Å². The van der Waals surface area contributed by atoms with E-state index in [0.29, 0.717) is 18.5 Å². The van der Waals surface area contributed by atoms with Gasteiger partial charge in [-0.15, -0.1) is 0 Å². The van der Waals surface area contributed by atoms with Crippen LogP contribution in [0.15, 0.2) is 6.20 Å². The SMILES string of the molecule is NCc1cn(C(F)F)c2c1CCC(F)C2. The van der Waals surface area contributed by atoms with Crippen LogP contribution in [0.4, 0.5) is 13.2 Å². The second-order valence-electron chi connectivity index (χ2n) is 3.81. The highest BCUT2D eigenvalue weighted by atomic mass is 19.3. The molecule has 84 valence electrons. The number of fused-ring (bicyclic) bond motifs is 1. The maximum absolute atomic E-state index is 13.1. The standard InChI is InChI=1S/C10H13F3N2/c11-7-1-2-8-6(4-14)5-15(10(12)13)9(8)3-7/h5,7,10H,1-4,14H2. The number of alkyl halides is 3. The molecule has 2 N–H and O–H groups in total. The Morgan fingerprint density at radius 1 is 1.53 bits per heavy atom. The van der Waals surface area contributed by atoms with Gasteiger partial charge in [0, 0.05) is 24.9 Å². The lowest BCUT2D eigenvalue weighted by Gasteiger charge is -2.18. The summed E-state index contributed by atoms with van der Waals surface area (Å²) in [6.45, 7) is -2.37. The van der Waals surface area contributed by atoms with Crippen LogP contribution in [-0.4, -0.2) is 10.7 Å². The van der Waals surface area contributed by atoms with Gasteiger partial charge >= 0.3 is 6.55 Å². The van der Waals surface area contributed by atoms with Crippen molar-refractivity contribution < 1.29 is 13.2 Å². The van der Waals surface area contributed by atoms with Gasteiger partial charge in [-0.1, -0.05) is 0 Å². The van der Waals surface area contributed by atoms with Gasteiger partial charge in [0.1, 0.15) is 6.17 Å². The van der Waals surface area contributed by atoms with E-state index in [1.54, 1.807) is 0 Å². The topological polar surface area (TPSA) is 30.9 Å². The maximum atomic E-state index is 13.1. The first kappa shape index (κ1) is 10.5. The minimum Gasteiger partial charge on any atom is -0.326 e. The molecule has 0 saturated carbocycles. The normalized spacial score (nSPS) is 20.7. The second kappa shape index (κ2) is 3.89. The van der Waals surface area contributed by atoms with Gasteiger partial charge in [-0.2, -0.15) is 8.78 Å². The Bertz CT molecular complexity index is 360. The van der Waals surface area contributed by atoms with Crippen molar-refractivity contribution in [2.75, 3.05) is 0 Å². The van der Waals surface area contributed by atoms with Crippen molar-refractivity contribution in [3.05, 3.63) is 23.0 Å². The first-order valence-corrected chi connectivity index (χ1v) is 4.97. The van der Waals surface area contributed by atoms with Crippen molar-refractivity contribution in [3.8, 4) is 0 Å². The summed E-state index contributed by atoms with van der Waals surface area (Å²) in [4.78, 5) is 0. The number of hydrogen-bond donors (Lipinski definition) is 1. The molecular weight excluding hydrogens is 205 g/mol. The van der Waals surface area contributed by atoms with Gasteiger partial charge in [0.05, 0.1) is 0 Å².